The van der Waals surface area contributed by atoms with Crippen LogP contribution in [0.2, 0.25) is 0 Å². The van der Waals surface area contributed by atoms with Crippen LogP contribution in [-0.2, 0) is 4.79 Å². The highest BCUT2D eigenvalue weighted by Crippen LogP contribution is 2.21. The molecule has 0 saturated heterocycles. The van der Waals surface area contributed by atoms with E-state index >= 15 is 0 Å². The number of nitrogens with one attached hydrogen (secondary N) is 1. The van der Waals surface area contributed by atoms with Crippen molar-refractivity contribution in [1.82, 2.24) is 4.90 Å². The number of hydrogen-bond acceptors (Lipinski definition) is 2. The normalized spacial score (nSPS) is 11.7. The summed E-state index contributed by atoms with van der Waals surface area (Å²) in [6.45, 7) is 3.31. The Balaban J connectivity index is 2.12. The van der Waals surface area contributed by atoms with Gasteiger partial charge in [0.2, 0.25) is 5.91 Å². The number of carbonyl (C=O) groups is 2. The summed E-state index contributed by atoms with van der Waals surface area (Å²) in [6, 6.07) is 12.6. The Hall–Kier alpha value is -2.69. The average Bonchev–Trinajstić information content (AvgIpc) is 2.53. The van der Waals surface area contributed by atoms with Crippen LogP contribution < -0.4 is 5.32 Å². The van der Waals surface area contributed by atoms with Crippen LogP contribution in [0.25, 0.3) is 0 Å². The molecule has 0 heterocycles. The third-order valence-electron chi connectivity index (χ3n) is 3.71. The summed E-state index contributed by atoms with van der Waals surface area (Å²) in [6.07, 6.45) is 0. The Morgan fingerprint density at radius 1 is 1.04 bits per heavy atom. The Morgan fingerprint density at radius 2 is 1.61 bits per heavy atom. The first-order valence-corrected chi connectivity index (χ1v) is 7.29. The molecule has 0 aromatic heterocycles. The fraction of sp³-hybridized carbons (Fsp3) is 0.222. The van der Waals surface area contributed by atoms with Crippen LogP contribution in [0.4, 0.5) is 10.1 Å². The lowest BCUT2D eigenvalue weighted by Gasteiger charge is -2.25. The molecule has 2 aromatic carbocycles. The van der Waals surface area contributed by atoms with Crippen molar-refractivity contribution in [2.24, 2.45) is 0 Å². The highest BCUT2D eigenvalue weighted by atomic mass is 19.1. The molecule has 1 N–H and O–H groups in total. The zero-order valence-electron chi connectivity index (χ0n) is 13.3. The first kappa shape index (κ1) is 16.7. The summed E-state index contributed by atoms with van der Waals surface area (Å²) in [7, 11) is 1.71. The van der Waals surface area contributed by atoms with Gasteiger partial charge in [-0.15, -0.1) is 0 Å². The minimum Gasteiger partial charge on any atom is -0.335 e. The number of nitrogens with zero attached hydrogens (tertiary/aromatic N) is 1. The second-order valence-electron chi connectivity index (χ2n) is 5.40. The molecular formula is C18H19FN2O2. The van der Waals surface area contributed by atoms with Crippen LogP contribution >= 0.6 is 0 Å². The van der Waals surface area contributed by atoms with E-state index in [1.54, 1.807) is 48.3 Å². The van der Waals surface area contributed by atoms with Crippen LogP contribution in [0, 0.1) is 5.82 Å². The number of benzene rings is 2. The number of rotatable bonds is 4. The van der Waals surface area contributed by atoms with Crippen molar-refractivity contribution in [3.05, 3.63) is 65.5 Å². The lowest BCUT2D eigenvalue weighted by Crippen LogP contribution is -2.29. The maximum absolute atomic E-state index is 13.0. The maximum Gasteiger partial charge on any atom is 0.254 e. The van der Waals surface area contributed by atoms with Crippen molar-refractivity contribution in [2.75, 3.05) is 12.4 Å². The van der Waals surface area contributed by atoms with Gasteiger partial charge in [-0.1, -0.05) is 12.1 Å². The molecule has 0 aliphatic rings. The van der Waals surface area contributed by atoms with Crippen molar-refractivity contribution in [3.63, 3.8) is 0 Å². The van der Waals surface area contributed by atoms with E-state index in [9.17, 15) is 14.0 Å². The topological polar surface area (TPSA) is 49.4 Å². The van der Waals surface area contributed by atoms with Gasteiger partial charge in [0.1, 0.15) is 5.82 Å². The fourth-order valence-corrected chi connectivity index (χ4v) is 2.24. The second-order valence-corrected chi connectivity index (χ2v) is 5.40. The molecule has 0 bridgehead atoms. The monoisotopic (exact) mass is 314 g/mol. The van der Waals surface area contributed by atoms with Crippen LogP contribution in [0.1, 0.15) is 35.8 Å². The molecule has 23 heavy (non-hydrogen) atoms. The highest BCUT2D eigenvalue weighted by Gasteiger charge is 2.19. The first-order chi connectivity index (χ1) is 10.9. The van der Waals surface area contributed by atoms with E-state index in [0.717, 1.165) is 5.56 Å². The summed E-state index contributed by atoms with van der Waals surface area (Å²) in [5.41, 5.74) is 2.02. The van der Waals surface area contributed by atoms with Gasteiger partial charge < -0.3 is 10.2 Å². The predicted octanol–water partition coefficient (Wildman–Crippen LogP) is 3.62. The Bertz CT molecular complexity index is 696. The lowest BCUT2D eigenvalue weighted by molar-refractivity contribution is -0.114. The lowest BCUT2D eigenvalue weighted by atomic mass is 10.1. The molecule has 2 amide bonds. The van der Waals surface area contributed by atoms with Gasteiger partial charge in [-0.3, -0.25) is 9.59 Å². The zero-order valence-corrected chi connectivity index (χ0v) is 13.3. The second kappa shape index (κ2) is 7.05. The van der Waals surface area contributed by atoms with Crippen LogP contribution in [-0.4, -0.2) is 23.8 Å². The predicted molar refractivity (Wildman–Crippen MR) is 87.7 cm³/mol. The third-order valence-corrected chi connectivity index (χ3v) is 3.71. The summed E-state index contributed by atoms with van der Waals surface area (Å²) in [5.74, 6) is -0.606. The SMILES string of the molecule is CC(=O)Nc1ccc(C(=O)N(C)C(C)c2ccc(F)cc2)cc1. The fourth-order valence-electron chi connectivity index (χ4n) is 2.24. The van der Waals surface area contributed by atoms with E-state index < -0.39 is 0 Å². The molecule has 0 aliphatic carbocycles. The van der Waals surface area contributed by atoms with Gasteiger partial charge in [-0.2, -0.15) is 0 Å². The van der Waals surface area contributed by atoms with Crippen LogP contribution in [0.3, 0.4) is 0 Å². The van der Waals surface area contributed by atoms with E-state index in [1.807, 2.05) is 6.92 Å². The van der Waals surface area contributed by atoms with Crippen molar-refractivity contribution < 1.29 is 14.0 Å². The molecule has 2 aromatic rings. The van der Waals surface area contributed by atoms with E-state index in [2.05, 4.69) is 5.32 Å². The van der Waals surface area contributed by atoms with Gasteiger partial charge in [0.25, 0.3) is 5.91 Å². The quantitative estimate of drug-likeness (QED) is 0.937. The molecule has 5 heteroatoms. The molecule has 0 aliphatic heterocycles. The van der Waals surface area contributed by atoms with Crippen molar-refractivity contribution in [2.45, 2.75) is 19.9 Å². The number of anilines is 1. The van der Waals surface area contributed by atoms with Gasteiger partial charge >= 0.3 is 0 Å². The summed E-state index contributed by atoms with van der Waals surface area (Å²) < 4.78 is 13.0. The molecular weight excluding hydrogens is 295 g/mol. The van der Waals surface area contributed by atoms with Gasteiger partial charge in [0.05, 0.1) is 6.04 Å². The Labute approximate surface area is 134 Å². The smallest absolute Gasteiger partial charge is 0.254 e. The molecule has 1 atom stereocenters. The summed E-state index contributed by atoms with van der Waals surface area (Å²) >= 11 is 0. The van der Waals surface area contributed by atoms with Crippen molar-refractivity contribution >= 4 is 17.5 Å². The van der Waals surface area contributed by atoms with Gasteiger partial charge in [0.15, 0.2) is 0 Å². The first-order valence-electron chi connectivity index (χ1n) is 7.29. The van der Waals surface area contributed by atoms with E-state index in [-0.39, 0.29) is 23.7 Å². The zero-order chi connectivity index (χ0) is 17.0. The molecule has 2 rings (SSSR count). The number of halogens is 1. The van der Waals surface area contributed by atoms with Crippen molar-refractivity contribution in [1.29, 1.82) is 0 Å². The molecule has 120 valence electrons. The summed E-state index contributed by atoms with van der Waals surface area (Å²) in [5, 5.41) is 2.65. The summed E-state index contributed by atoms with van der Waals surface area (Å²) in [4.78, 5) is 25.1. The third kappa shape index (κ3) is 4.16. The molecule has 0 spiro atoms. The molecule has 0 radical (unpaired) electrons. The van der Waals surface area contributed by atoms with Crippen molar-refractivity contribution in [3.8, 4) is 0 Å². The van der Waals surface area contributed by atoms with Crippen LogP contribution in [0.15, 0.2) is 48.5 Å². The number of hydrogen-bond donors (Lipinski definition) is 1. The van der Waals surface area contributed by atoms with E-state index in [4.69, 9.17) is 0 Å². The standard InChI is InChI=1S/C18H19FN2O2/c1-12(14-4-8-16(19)9-5-14)21(3)18(23)15-6-10-17(11-7-15)20-13(2)22/h4-12H,1-3H3,(H,20,22). The average molecular weight is 314 g/mol. The van der Waals surface area contributed by atoms with Gasteiger partial charge in [-0.25, -0.2) is 4.39 Å². The minimum atomic E-state index is -0.302. The Morgan fingerprint density at radius 3 is 2.13 bits per heavy atom. The highest BCUT2D eigenvalue weighted by molar-refractivity contribution is 5.95. The van der Waals surface area contributed by atoms with E-state index in [1.165, 1.54) is 19.1 Å². The Kier molecular flexibility index (Phi) is 5.11. The van der Waals surface area contributed by atoms with Gasteiger partial charge in [-0.05, 0) is 48.9 Å². The largest absolute Gasteiger partial charge is 0.335 e. The molecule has 0 saturated carbocycles. The van der Waals surface area contributed by atoms with E-state index in [0.29, 0.717) is 11.3 Å². The van der Waals surface area contributed by atoms with Crippen LogP contribution in [0.5, 0.6) is 0 Å². The molecule has 1 unspecified atom stereocenters. The van der Waals surface area contributed by atoms with Gasteiger partial charge in [0, 0.05) is 25.2 Å². The minimum absolute atomic E-state index is 0.142. The number of amides is 2. The molecule has 0 fully saturated rings. The molecule has 4 nitrogen and oxygen atoms in total. The maximum atomic E-state index is 13.0. The number of carbonyl (C=O) groups excluding carboxylic acids is 2.